The summed E-state index contributed by atoms with van der Waals surface area (Å²) in [6.45, 7) is 4.13. The first-order valence-electron chi connectivity index (χ1n) is 9.32. The smallest absolute Gasteiger partial charge is 0.407 e. The molecule has 2 N–H and O–H groups in total. The Morgan fingerprint density at radius 3 is 1.93 bits per heavy atom. The van der Waals surface area contributed by atoms with Gasteiger partial charge in [0, 0.05) is 25.9 Å². The van der Waals surface area contributed by atoms with E-state index in [9.17, 15) is 24.0 Å². The Morgan fingerprint density at radius 2 is 1.45 bits per heavy atom. The summed E-state index contributed by atoms with van der Waals surface area (Å²) in [5.74, 6) is -2.37. The fourth-order valence-electron chi connectivity index (χ4n) is 2.13. The molecule has 0 unspecified atom stereocenters. The van der Waals surface area contributed by atoms with Crippen LogP contribution >= 0.6 is 0 Å². The van der Waals surface area contributed by atoms with Gasteiger partial charge in [-0.15, -0.1) is 5.06 Å². The maximum Gasteiger partial charge on any atom is 0.407 e. The van der Waals surface area contributed by atoms with E-state index in [1.807, 2.05) is 0 Å². The van der Waals surface area contributed by atoms with Gasteiger partial charge < -0.3 is 29.7 Å². The maximum atomic E-state index is 11.7. The van der Waals surface area contributed by atoms with Gasteiger partial charge in [-0.2, -0.15) is 0 Å². The lowest BCUT2D eigenvalue weighted by molar-refractivity contribution is -0.198. The van der Waals surface area contributed by atoms with Crippen molar-refractivity contribution >= 4 is 30.0 Å². The molecule has 1 aliphatic rings. The molecule has 0 aromatic heterocycles. The summed E-state index contributed by atoms with van der Waals surface area (Å²) in [4.78, 5) is 62.0. The van der Waals surface area contributed by atoms with E-state index < -0.39 is 35.9 Å². The van der Waals surface area contributed by atoms with Crippen LogP contribution in [0.3, 0.4) is 0 Å². The lowest BCUT2D eigenvalue weighted by Crippen LogP contribution is -2.33. The Labute approximate surface area is 168 Å². The lowest BCUT2D eigenvalue weighted by atomic mass is 10.2. The third kappa shape index (κ3) is 9.74. The Morgan fingerprint density at radius 1 is 0.931 bits per heavy atom. The number of rotatable bonds is 12. The fourth-order valence-corrected chi connectivity index (χ4v) is 2.13. The molecule has 0 aromatic rings. The number of nitrogens with zero attached hydrogens (tertiary/aromatic N) is 1. The predicted octanol–water partition coefficient (Wildman–Crippen LogP) is 0.109. The molecule has 1 aliphatic heterocycles. The Balaban J connectivity index is 2.35. The van der Waals surface area contributed by atoms with Crippen molar-refractivity contribution in [3.8, 4) is 0 Å². The first-order chi connectivity index (χ1) is 13.9. The number of imide groups is 1. The van der Waals surface area contributed by atoms with Crippen LogP contribution in [0.25, 0.3) is 0 Å². The summed E-state index contributed by atoms with van der Waals surface area (Å²) in [5, 5.41) is 5.40. The third-order valence-electron chi connectivity index (χ3n) is 3.55. The third-order valence-corrected chi connectivity index (χ3v) is 3.55. The van der Waals surface area contributed by atoms with E-state index in [0.717, 1.165) is 0 Å². The quantitative estimate of drug-likeness (QED) is 0.333. The van der Waals surface area contributed by atoms with E-state index in [0.29, 0.717) is 18.2 Å². The molecule has 1 fully saturated rings. The second kappa shape index (κ2) is 13.3. The van der Waals surface area contributed by atoms with Gasteiger partial charge >= 0.3 is 18.2 Å². The zero-order valence-electron chi connectivity index (χ0n) is 16.6. The van der Waals surface area contributed by atoms with Gasteiger partial charge in [-0.3, -0.25) is 9.59 Å². The summed E-state index contributed by atoms with van der Waals surface area (Å²) < 4.78 is 15.4. The predicted molar refractivity (Wildman–Crippen MR) is 96.2 cm³/mol. The van der Waals surface area contributed by atoms with Crippen LogP contribution in [0.1, 0.15) is 33.1 Å². The van der Waals surface area contributed by atoms with Crippen molar-refractivity contribution in [1.29, 1.82) is 0 Å². The van der Waals surface area contributed by atoms with Crippen LogP contribution in [0.2, 0.25) is 0 Å². The average molecular weight is 417 g/mol. The van der Waals surface area contributed by atoms with Crippen LogP contribution in [-0.4, -0.2) is 74.6 Å². The summed E-state index contributed by atoms with van der Waals surface area (Å²) in [6.07, 6.45) is -1.39. The maximum absolute atomic E-state index is 11.7. The normalized spacial score (nSPS) is 13.4. The average Bonchev–Trinajstić information content (AvgIpc) is 2.99. The van der Waals surface area contributed by atoms with Gasteiger partial charge in [-0.05, 0) is 13.8 Å². The van der Waals surface area contributed by atoms with Gasteiger partial charge in [0.25, 0.3) is 11.8 Å². The van der Waals surface area contributed by atoms with Crippen LogP contribution < -0.4 is 10.6 Å². The van der Waals surface area contributed by atoms with Gasteiger partial charge in [0.05, 0.1) is 25.6 Å². The first-order valence-corrected chi connectivity index (χ1v) is 9.32. The fraction of sp³-hybridized carbons (Fsp3) is 0.706. The van der Waals surface area contributed by atoms with Crippen LogP contribution in [-0.2, 0) is 33.4 Å². The number of amides is 4. The molecule has 0 spiro atoms. The van der Waals surface area contributed by atoms with E-state index >= 15 is 0 Å². The number of alkyl carbamates (subject to hydrolysis) is 2. The van der Waals surface area contributed by atoms with Crippen molar-refractivity contribution < 1.29 is 43.0 Å². The molecule has 1 rings (SSSR count). The molecule has 164 valence electrons. The van der Waals surface area contributed by atoms with Crippen molar-refractivity contribution in [2.24, 2.45) is 5.92 Å². The van der Waals surface area contributed by atoms with Crippen molar-refractivity contribution in [3.05, 3.63) is 0 Å². The van der Waals surface area contributed by atoms with Crippen molar-refractivity contribution in [1.82, 2.24) is 15.7 Å². The van der Waals surface area contributed by atoms with Gasteiger partial charge in [-0.1, -0.05) is 0 Å². The Hall–Kier alpha value is -2.89. The minimum atomic E-state index is -0.790. The van der Waals surface area contributed by atoms with E-state index in [1.165, 1.54) is 0 Å². The number of ether oxygens (including phenoxy) is 3. The van der Waals surface area contributed by atoms with Crippen molar-refractivity contribution in [3.63, 3.8) is 0 Å². The highest BCUT2D eigenvalue weighted by molar-refractivity contribution is 6.01. The molecule has 12 heteroatoms. The van der Waals surface area contributed by atoms with E-state index in [-0.39, 0.29) is 45.7 Å². The highest BCUT2D eigenvalue weighted by atomic mass is 16.7. The van der Waals surface area contributed by atoms with Crippen LogP contribution in [0.15, 0.2) is 0 Å². The van der Waals surface area contributed by atoms with Gasteiger partial charge in [-0.25, -0.2) is 14.4 Å². The van der Waals surface area contributed by atoms with E-state index in [4.69, 9.17) is 19.0 Å². The van der Waals surface area contributed by atoms with E-state index in [2.05, 4.69) is 10.6 Å². The standard InChI is InChI=1S/C17H27N3O9/c1-3-18-16(24)27-10-12(11-28-17(25)19-4-2)9-26-8-7-15(23)29-20-13(21)5-6-14(20)22/h12H,3-11H2,1-2H3,(H,18,24)(H,19,25). The molecule has 0 radical (unpaired) electrons. The summed E-state index contributed by atoms with van der Waals surface area (Å²) >= 11 is 0. The van der Waals surface area contributed by atoms with Gasteiger partial charge in [0.15, 0.2) is 0 Å². The number of nitrogens with one attached hydrogen (secondary N) is 2. The van der Waals surface area contributed by atoms with Gasteiger partial charge in [0.2, 0.25) is 0 Å². The van der Waals surface area contributed by atoms with Crippen LogP contribution in [0.5, 0.6) is 0 Å². The molecule has 0 bridgehead atoms. The minimum Gasteiger partial charge on any atom is -0.449 e. The number of carbonyl (C=O) groups excluding carboxylic acids is 5. The molecule has 0 aromatic carbocycles. The lowest BCUT2D eigenvalue weighted by Gasteiger charge is -2.18. The monoisotopic (exact) mass is 417 g/mol. The molecular formula is C17H27N3O9. The topological polar surface area (TPSA) is 150 Å². The van der Waals surface area contributed by atoms with Gasteiger partial charge in [0.1, 0.15) is 13.2 Å². The van der Waals surface area contributed by atoms with Crippen LogP contribution in [0, 0.1) is 5.92 Å². The van der Waals surface area contributed by atoms with Crippen molar-refractivity contribution in [2.75, 3.05) is 39.5 Å². The summed E-state index contributed by atoms with van der Waals surface area (Å²) in [5.41, 5.74) is 0. The molecule has 29 heavy (non-hydrogen) atoms. The molecule has 0 aliphatic carbocycles. The zero-order chi connectivity index (χ0) is 21.6. The Bertz CT molecular complexity index is 559. The number of hydroxylamine groups is 2. The first kappa shape index (κ1) is 24.1. The second-order valence-electron chi connectivity index (χ2n) is 5.99. The number of carbonyl (C=O) groups is 5. The molecule has 1 saturated heterocycles. The number of hydrogen-bond acceptors (Lipinski definition) is 9. The highest BCUT2D eigenvalue weighted by Crippen LogP contribution is 2.12. The summed E-state index contributed by atoms with van der Waals surface area (Å²) in [7, 11) is 0. The summed E-state index contributed by atoms with van der Waals surface area (Å²) in [6, 6.07) is 0. The molecule has 0 saturated carbocycles. The molecule has 0 atom stereocenters. The highest BCUT2D eigenvalue weighted by Gasteiger charge is 2.32. The second-order valence-corrected chi connectivity index (χ2v) is 5.99. The van der Waals surface area contributed by atoms with Crippen LogP contribution in [0.4, 0.5) is 9.59 Å². The molecule has 12 nitrogen and oxygen atoms in total. The van der Waals surface area contributed by atoms with Crippen molar-refractivity contribution in [2.45, 2.75) is 33.1 Å². The van der Waals surface area contributed by atoms with E-state index in [1.54, 1.807) is 13.8 Å². The largest absolute Gasteiger partial charge is 0.449 e. The molecule has 4 amide bonds. The number of hydrogen-bond donors (Lipinski definition) is 2. The molecular weight excluding hydrogens is 390 g/mol. The zero-order valence-corrected chi connectivity index (χ0v) is 16.6. The Kier molecular flexibility index (Phi) is 11.1. The molecule has 1 heterocycles. The minimum absolute atomic E-state index is 0.0154. The SMILES string of the molecule is CCNC(=O)OCC(COCCC(=O)ON1C(=O)CCC1=O)COC(=O)NCC.